The van der Waals surface area contributed by atoms with Crippen molar-refractivity contribution in [2.45, 2.75) is 51.9 Å². The average molecular weight is 358 g/mol. The fraction of sp³-hybridized carbons (Fsp3) is 0.650. The zero-order chi connectivity index (χ0) is 18.6. The molecule has 0 radical (unpaired) electrons. The summed E-state index contributed by atoms with van der Waals surface area (Å²) in [6.45, 7) is 4.27. The van der Waals surface area contributed by atoms with Gasteiger partial charge in [0.05, 0.1) is 11.3 Å². The first-order chi connectivity index (χ1) is 12.5. The van der Waals surface area contributed by atoms with Crippen LogP contribution < -0.4 is 11.1 Å². The highest BCUT2D eigenvalue weighted by Gasteiger charge is 2.45. The molecule has 1 aliphatic heterocycles. The van der Waals surface area contributed by atoms with Gasteiger partial charge in [0.25, 0.3) is 5.91 Å². The van der Waals surface area contributed by atoms with Crippen LogP contribution in [-0.2, 0) is 4.79 Å². The number of rotatable bonds is 7. The number of aromatic nitrogens is 1. The van der Waals surface area contributed by atoms with Crippen molar-refractivity contribution in [1.29, 1.82) is 0 Å². The lowest BCUT2D eigenvalue weighted by Crippen LogP contribution is -2.57. The Morgan fingerprint density at radius 3 is 2.69 bits per heavy atom. The van der Waals surface area contributed by atoms with Gasteiger partial charge in [-0.1, -0.05) is 32.6 Å². The maximum absolute atomic E-state index is 13.0. The van der Waals surface area contributed by atoms with Crippen molar-refractivity contribution < 1.29 is 9.59 Å². The van der Waals surface area contributed by atoms with Gasteiger partial charge >= 0.3 is 0 Å². The molecule has 2 fully saturated rings. The summed E-state index contributed by atoms with van der Waals surface area (Å²) in [5.74, 6) is 0.525. The molecule has 2 heterocycles. The third-order valence-corrected chi connectivity index (χ3v) is 5.84. The molecule has 142 valence electrons. The van der Waals surface area contributed by atoms with Crippen LogP contribution in [-0.4, -0.2) is 41.3 Å². The normalized spacial score (nSPS) is 19.2. The van der Waals surface area contributed by atoms with E-state index in [0.29, 0.717) is 29.6 Å². The van der Waals surface area contributed by atoms with E-state index in [1.807, 2.05) is 4.90 Å². The summed E-state index contributed by atoms with van der Waals surface area (Å²) in [6, 6.07) is 1.62. The third kappa shape index (κ3) is 4.00. The summed E-state index contributed by atoms with van der Waals surface area (Å²) >= 11 is 0. The van der Waals surface area contributed by atoms with Gasteiger partial charge in [-0.05, 0) is 25.3 Å². The van der Waals surface area contributed by atoms with Crippen molar-refractivity contribution in [3.8, 4) is 0 Å². The fourth-order valence-corrected chi connectivity index (χ4v) is 4.26. The first-order valence-corrected chi connectivity index (χ1v) is 9.82. The van der Waals surface area contributed by atoms with E-state index in [4.69, 9.17) is 5.73 Å². The van der Waals surface area contributed by atoms with Crippen molar-refractivity contribution >= 4 is 17.5 Å². The van der Waals surface area contributed by atoms with Gasteiger partial charge < -0.3 is 16.0 Å². The Morgan fingerprint density at radius 1 is 1.31 bits per heavy atom. The number of nitrogens with zero attached hydrogens (tertiary/aromatic N) is 2. The van der Waals surface area contributed by atoms with E-state index in [1.54, 1.807) is 6.07 Å². The van der Waals surface area contributed by atoms with Crippen LogP contribution in [0.4, 0.5) is 5.69 Å². The van der Waals surface area contributed by atoms with Crippen molar-refractivity contribution in [1.82, 2.24) is 15.2 Å². The molecule has 2 aliphatic rings. The number of hydrogen-bond acceptors (Lipinski definition) is 4. The van der Waals surface area contributed by atoms with Crippen LogP contribution in [0.2, 0.25) is 0 Å². The van der Waals surface area contributed by atoms with Crippen LogP contribution in [0.1, 0.15) is 62.2 Å². The van der Waals surface area contributed by atoms with Gasteiger partial charge in [0, 0.05) is 43.4 Å². The second-order valence-corrected chi connectivity index (χ2v) is 7.88. The molecule has 1 aromatic heterocycles. The number of anilines is 1. The maximum Gasteiger partial charge on any atom is 0.252 e. The van der Waals surface area contributed by atoms with E-state index in [-0.39, 0.29) is 11.3 Å². The number of hydrogen-bond donors (Lipinski definition) is 2. The van der Waals surface area contributed by atoms with Crippen LogP contribution in [0.5, 0.6) is 0 Å². The minimum absolute atomic E-state index is 0.0997. The average Bonchev–Trinajstić information content (AvgIpc) is 3.08. The van der Waals surface area contributed by atoms with E-state index < -0.39 is 0 Å². The van der Waals surface area contributed by atoms with Gasteiger partial charge in [-0.25, -0.2) is 0 Å². The molecule has 2 amide bonds. The molecule has 1 aromatic rings. The number of pyridine rings is 1. The van der Waals surface area contributed by atoms with Crippen molar-refractivity contribution in [3.05, 3.63) is 24.0 Å². The molecule has 0 aromatic carbocycles. The van der Waals surface area contributed by atoms with Crippen molar-refractivity contribution in [3.63, 3.8) is 0 Å². The fourth-order valence-electron chi connectivity index (χ4n) is 4.26. The van der Waals surface area contributed by atoms with E-state index >= 15 is 0 Å². The maximum atomic E-state index is 13.0. The number of likely N-dealkylation sites (tertiary alicyclic amines) is 1. The Kier molecular flexibility index (Phi) is 5.79. The summed E-state index contributed by atoms with van der Waals surface area (Å²) in [4.78, 5) is 31.1. The molecule has 3 N–H and O–H groups in total. The lowest BCUT2D eigenvalue weighted by molar-refractivity contribution is -0.149. The molecular weight excluding hydrogens is 328 g/mol. The Balaban J connectivity index is 1.46. The van der Waals surface area contributed by atoms with E-state index in [1.165, 1.54) is 25.2 Å². The van der Waals surface area contributed by atoms with Crippen molar-refractivity contribution in [2.75, 3.05) is 25.4 Å². The number of unbranched alkanes of at least 4 members (excludes halogenated alkanes) is 1. The highest BCUT2D eigenvalue weighted by molar-refractivity contribution is 5.94. The quantitative estimate of drug-likeness (QED) is 0.784. The Morgan fingerprint density at radius 2 is 2.04 bits per heavy atom. The molecule has 0 spiro atoms. The van der Waals surface area contributed by atoms with Gasteiger partial charge in [-0.2, -0.15) is 0 Å². The van der Waals surface area contributed by atoms with Crippen molar-refractivity contribution in [2.24, 2.45) is 11.3 Å². The second kappa shape index (κ2) is 8.06. The molecule has 3 rings (SSSR count). The van der Waals surface area contributed by atoms with Crippen LogP contribution in [0.15, 0.2) is 18.5 Å². The third-order valence-electron chi connectivity index (χ3n) is 5.84. The van der Waals surface area contributed by atoms with Crippen LogP contribution in [0, 0.1) is 11.3 Å². The number of nitrogens with one attached hydrogen (secondary N) is 1. The Bertz CT molecular complexity index is 649. The molecule has 0 unspecified atom stereocenters. The summed E-state index contributed by atoms with van der Waals surface area (Å²) in [5, 5.41) is 2.93. The SMILES string of the molecule is CCCCC1(C(=O)N2CC(CNC(=O)c3cncc(N)c3)C2)CCCC1. The smallest absolute Gasteiger partial charge is 0.252 e. The van der Waals surface area contributed by atoms with Gasteiger partial charge in [-0.3, -0.25) is 14.6 Å². The van der Waals surface area contributed by atoms with Crippen LogP contribution >= 0.6 is 0 Å². The van der Waals surface area contributed by atoms with E-state index in [2.05, 4.69) is 17.2 Å². The number of carbonyl (C=O) groups excluding carboxylic acids is 2. The predicted molar refractivity (Wildman–Crippen MR) is 101 cm³/mol. The second-order valence-electron chi connectivity index (χ2n) is 7.88. The largest absolute Gasteiger partial charge is 0.397 e. The number of amides is 2. The lowest BCUT2D eigenvalue weighted by atomic mass is 9.78. The highest BCUT2D eigenvalue weighted by atomic mass is 16.2. The highest BCUT2D eigenvalue weighted by Crippen LogP contribution is 2.44. The zero-order valence-corrected chi connectivity index (χ0v) is 15.7. The molecular formula is C20H30N4O2. The van der Waals surface area contributed by atoms with Gasteiger partial charge in [0.1, 0.15) is 0 Å². The summed E-state index contributed by atoms with van der Waals surface area (Å²) < 4.78 is 0. The summed E-state index contributed by atoms with van der Waals surface area (Å²) in [7, 11) is 0. The van der Waals surface area contributed by atoms with Crippen LogP contribution in [0.25, 0.3) is 0 Å². The standard InChI is InChI=1S/C20H30N4O2/c1-2-3-6-20(7-4-5-8-20)19(26)24-13-15(14-24)10-23-18(25)16-9-17(21)12-22-11-16/h9,11-12,15H,2-8,10,13-14,21H2,1H3,(H,23,25). The summed E-state index contributed by atoms with van der Waals surface area (Å²) in [5.41, 5.74) is 6.51. The number of nitrogen functional groups attached to an aromatic ring is 1. The van der Waals surface area contributed by atoms with Gasteiger partial charge in [0.2, 0.25) is 5.91 Å². The number of carbonyl (C=O) groups is 2. The zero-order valence-electron chi connectivity index (χ0n) is 15.7. The van der Waals surface area contributed by atoms with Gasteiger partial charge in [0.15, 0.2) is 0 Å². The molecule has 1 saturated heterocycles. The first kappa shape index (κ1) is 18.7. The Labute approximate surface area is 155 Å². The molecule has 0 atom stereocenters. The molecule has 0 bridgehead atoms. The monoisotopic (exact) mass is 358 g/mol. The topological polar surface area (TPSA) is 88.3 Å². The van der Waals surface area contributed by atoms with Crippen LogP contribution in [0.3, 0.4) is 0 Å². The minimum Gasteiger partial charge on any atom is -0.397 e. The Hall–Kier alpha value is -2.11. The van der Waals surface area contributed by atoms with E-state index in [9.17, 15) is 9.59 Å². The molecule has 26 heavy (non-hydrogen) atoms. The number of nitrogens with two attached hydrogens (primary N) is 1. The van der Waals surface area contributed by atoms with E-state index in [0.717, 1.165) is 45.2 Å². The lowest BCUT2D eigenvalue weighted by Gasteiger charge is -2.44. The minimum atomic E-state index is -0.162. The predicted octanol–water partition coefficient (Wildman–Crippen LogP) is 2.60. The summed E-state index contributed by atoms with van der Waals surface area (Å²) in [6.07, 6.45) is 10.8. The molecule has 6 heteroatoms. The molecule has 6 nitrogen and oxygen atoms in total. The molecule has 1 aliphatic carbocycles. The molecule has 1 saturated carbocycles. The van der Waals surface area contributed by atoms with Gasteiger partial charge in [-0.15, -0.1) is 0 Å². The first-order valence-electron chi connectivity index (χ1n) is 9.82.